The van der Waals surface area contributed by atoms with Gasteiger partial charge in [0, 0.05) is 47.1 Å². The molecular weight excluding hydrogens is 514 g/mol. The molecule has 0 saturated heterocycles. The Morgan fingerprint density at radius 3 is 2.41 bits per heavy atom. The first kappa shape index (κ1) is 28.1. The summed E-state index contributed by atoms with van der Waals surface area (Å²) in [5, 5.41) is 2.98. The van der Waals surface area contributed by atoms with Gasteiger partial charge >= 0.3 is 5.97 Å². The van der Waals surface area contributed by atoms with Crippen molar-refractivity contribution in [3.63, 3.8) is 0 Å². The van der Waals surface area contributed by atoms with Crippen molar-refractivity contribution in [2.24, 2.45) is 11.7 Å². The molecule has 0 aromatic heterocycles. The van der Waals surface area contributed by atoms with E-state index >= 15 is 0 Å². The molecule has 202 valence electrons. The second-order valence-corrected chi connectivity index (χ2v) is 10.1. The number of nitrogens with two attached hydrogens (primary N) is 1. The highest BCUT2D eigenvalue weighted by Crippen LogP contribution is 2.41. The Balaban J connectivity index is 1.79. The number of halogens is 1. The topological polar surface area (TPSA) is 102 Å². The van der Waals surface area contributed by atoms with Crippen LogP contribution in [0.25, 0.3) is 5.57 Å². The molecule has 1 heterocycles. The maximum Gasteiger partial charge on any atom is 0.356 e. The van der Waals surface area contributed by atoms with Crippen molar-refractivity contribution in [1.82, 2.24) is 0 Å². The highest BCUT2D eigenvalue weighted by molar-refractivity contribution is 6.16. The summed E-state index contributed by atoms with van der Waals surface area (Å²) >= 11 is 5.36. The molecule has 0 fully saturated rings. The Morgan fingerprint density at radius 2 is 1.72 bits per heavy atom. The maximum atomic E-state index is 13.7. The molecule has 3 aromatic carbocycles. The van der Waals surface area contributed by atoms with Crippen molar-refractivity contribution in [3.05, 3.63) is 95.1 Å². The minimum atomic E-state index is -0.805. The molecule has 3 N–H and O–H groups in total. The Morgan fingerprint density at radius 1 is 1.03 bits per heavy atom. The number of anilines is 3. The number of ketones is 1. The number of nitrogens with zero attached hydrogens (tertiary/aromatic N) is 1. The summed E-state index contributed by atoms with van der Waals surface area (Å²) in [6.45, 7) is 5.98. The molecule has 0 radical (unpaired) electrons. The highest BCUT2D eigenvalue weighted by Gasteiger charge is 2.29. The monoisotopic (exact) mass is 545 g/mol. The third-order valence-corrected chi connectivity index (χ3v) is 7.10. The summed E-state index contributed by atoms with van der Waals surface area (Å²) < 4.78 is 4.45. The second-order valence-electron chi connectivity index (χ2n) is 9.93. The smallest absolute Gasteiger partial charge is 0.343 e. The number of carbonyl (C=O) groups excluding carboxylic acids is 3. The maximum absolute atomic E-state index is 13.7. The van der Waals surface area contributed by atoms with Crippen molar-refractivity contribution in [1.29, 1.82) is 0 Å². The summed E-state index contributed by atoms with van der Waals surface area (Å²) in [5.41, 5.74) is 12.0. The summed E-state index contributed by atoms with van der Waals surface area (Å²) in [7, 11) is 0. The molecule has 7 nitrogen and oxygen atoms in total. The molecule has 1 atom stereocenters. The molecule has 1 aliphatic rings. The zero-order valence-electron chi connectivity index (χ0n) is 22.2. The van der Waals surface area contributed by atoms with Crippen molar-refractivity contribution in [3.8, 4) is 0 Å². The van der Waals surface area contributed by atoms with Crippen LogP contribution in [0, 0.1) is 12.8 Å². The first-order valence-electron chi connectivity index (χ1n) is 12.9. The third kappa shape index (κ3) is 6.21. The fraction of sp³-hybridized carbons (Fsp3) is 0.258. The van der Waals surface area contributed by atoms with E-state index in [9.17, 15) is 14.4 Å². The van der Waals surface area contributed by atoms with Crippen molar-refractivity contribution in [2.75, 3.05) is 16.8 Å². The van der Waals surface area contributed by atoms with E-state index in [0.717, 1.165) is 28.1 Å². The van der Waals surface area contributed by atoms with E-state index in [0.29, 0.717) is 29.8 Å². The van der Waals surface area contributed by atoms with E-state index in [4.69, 9.17) is 17.6 Å². The van der Waals surface area contributed by atoms with Crippen LogP contribution < -0.4 is 16.0 Å². The fourth-order valence-electron chi connectivity index (χ4n) is 4.89. The van der Waals surface area contributed by atoms with Gasteiger partial charge in [-0.2, -0.15) is 0 Å². The largest absolute Gasteiger partial charge is 0.356 e. The third-order valence-electron chi connectivity index (χ3n) is 6.96. The Hall–Kier alpha value is -3.94. The molecule has 0 bridgehead atoms. The van der Waals surface area contributed by atoms with Crippen molar-refractivity contribution in [2.45, 2.75) is 39.7 Å². The number of amides is 1. The number of nitrogens with one attached hydrogen (secondary N) is 1. The average molecular weight is 546 g/mol. The molecule has 1 amide bonds. The number of Topliss-reactive ketones (excluding diaryl/α,β-unsaturated/α-hetero) is 1. The van der Waals surface area contributed by atoms with Crippen LogP contribution >= 0.6 is 11.9 Å². The summed E-state index contributed by atoms with van der Waals surface area (Å²) in [5.74, 6) is -1.24. The Kier molecular flexibility index (Phi) is 8.84. The molecule has 3 aromatic rings. The highest BCUT2D eigenvalue weighted by atomic mass is 35.5. The fourth-order valence-corrected chi connectivity index (χ4v) is 4.98. The number of benzene rings is 3. The molecule has 1 unspecified atom stereocenters. The lowest BCUT2D eigenvalue weighted by Crippen LogP contribution is -2.36. The number of carbonyl (C=O) groups is 3. The molecule has 1 aliphatic heterocycles. The number of aryl methyl sites for hydroxylation is 1. The van der Waals surface area contributed by atoms with Gasteiger partial charge in [0.25, 0.3) is 5.91 Å². The summed E-state index contributed by atoms with van der Waals surface area (Å²) in [6, 6.07) is 21.7. The average Bonchev–Trinajstić information content (AvgIpc) is 2.95. The predicted octanol–water partition coefficient (Wildman–Crippen LogP) is 6.18. The number of hydrogen-bond acceptors (Lipinski definition) is 6. The second kappa shape index (κ2) is 12.3. The molecule has 0 saturated carbocycles. The van der Waals surface area contributed by atoms with Gasteiger partial charge in [-0.1, -0.05) is 56.3 Å². The minimum Gasteiger partial charge on any atom is -0.343 e. The molecule has 39 heavy (non-hydrogen) atoms. The molecule has 0 aliphatic carbocycles. The van der Waals surface area contributed by atoms with E-state index in [1.54, 1.807) is 6.07 Å². The summed E-state index contributed by atoms with van der Waals surface area (Å²) in [4.78, 5) is 40.7. The van der Waals surface area contributed by atoms with Crippen LogP contribution in [0.2, 0.25) is 0 Å². The molecular formula is C31H32ClN3O4. The lowest BCUT2D eigenvalue weighted by Gasteiger charge is -2.34. The number of rotatable bonds is 8. The Bertz CT molecular complexity index is 1420. The molecule has 0 spiro atoms. The van der Waals surface area contributed by atoms with Crippen LogP contribution in [0.1, 0.15) is 48.2 Å². The lowest BCUT2D eigenvalue weighted by molar-refractivity contribution is -0.123. The van der Waals surface area contributed by atoms with Crippen LogP contribution in [-0.2, 0) is 13.9 Å². The summed E-state index contributed by atoms with van der Waals surface area (Å²) in [6.07, 6.45) is 0.649. The van der Waals surface area contributed by atoms with E-state index in [1.807, 2.05) is 87.5 Å². The van der Waals surface area contributed by atoms with Gasteiger partial charge in [0.15, 0.2) is 5.78 Å². The minimum absolute atomic E-state index is 0.0929. The van der Waals surface area contributed by atoms with E-state index < -0.39 is 12.0 Å². The normalized spacial score (nSPS) is 14.9. The van der Waals surface area contributed by atoms with Gasteiger partial charge in [-0.25, -0.2) is 4.79 Å². The zero-order chi connectivity index (χ0) is 28.1. The number of hydrogen-bond donors (Lipinski definition) is 2. The van der Waals surface area contributed by atoms with Crippen LogP contribution in [0.3, 0.4) is 0 Å². The quantitative estimate of drug-likeness (QED) is 0.328. The first-order chi connectivity index (χ1) is 18.7. The van der Waals surface area contributed by atoms with Gasteiger partial charge in [0.05, 0.1) is 11.6 Å². The Labute approximate surface area is 233 Å². The lowest BCUT2D eigenvalue weighted by atomic mass is 9.86. The van der Waals surface area contributed by atoms with Crippen molar-refractivity contribution >= 4 is 52.2 Å². The van der Waals surface area contributed by atoms with Gasteiger partial charge in [-0.3, -0.25) is 9.59 Å². The molecule has 8 heteroatoms. The first-order valence-corrected chi connectivity index (χ1v) is 13.2. The number of para-hydroxylation sites is 2. The standard InChI is InChI=1S/C31H32ClN3O4/c1-19(2)29(36)27(33)18-26(30(37)34-21-9-5-4-6-10-21)23-15-16-35(28-12-8-7-11-24(23)28)22-14-13-20(3)25(17-22)31(38)39-32/h4-14,17,19,27H,15-16,18,33H2,1-3H3,(H,34,37). The van der Waals surface area contributed by atoms with Gasteiger partial charge in [-0.15, -0.1) is 0 Å². The molecule has 4 rings (SSSR count). The van der Waals surface area contributed by atoms with Gasteiger partial charge in [-0.05, 0) is 54.8 Å². The van der Waals surface area contributed by atoms with Gasteiger partial charge in [0.1, 0.15) is 11.9 Å². The SMILES string of the molecule is Cc1ccc(N2CCC(=C(CC(N)C(=O)C(C)C)C(=O)Nc3ccccc3)c3ccccc32)cc1C(=O)OCl. The number of fused-ring (bicyclic) bond motifs is 1. The van der Waals surface area contributed by atoms with Crippen LogP contribution in [0.4, 0.5) is 17.1 Å². The van der Waals surface area contributed by atoms with E-state index in [2.05, 4.69) is 14.5 Å². The van der Waals surface area contributed by atoms with Crippen LogP contribution in [-0.4, -0.2) is 30.2 Å². The van der Waals surface area contributed by atoms with Gasteiger partial charge < -0.3 is 20.2 Å². The predicted molar refractivity (Wildman–Crippen MR) is 155 cm³/mol. The zero-order valence-corrected chi connectivity index (χ0v) is 23.0. The van der Waals surface area contributed by atoms with E-state index in [1.165, 1.54) is 0 Å². The van der Waals surface area contributed by atoms with Crippen LogP contribution in [0.15, 0.2) is 78.4 Å². The van der Waals surface area contributed by atoms with Crippen molar-refractivity contribution < 1.29 is 18.7 Å². The van der Waals surface area contributed by atoms with Crippen LogP contribution in [0.5, 0.6) is 0 Å². The van der Waals surface area contributed by atoms with Gasteiger partial charge in [0.2, 0.25) is 0 Å². The van der Waals surface area contributed by atoms with E-state index in [-0.39, 0.29) is 24.0 Å².